The van der Waals surface area contributed by atoms with E-state index in [1.807, 2.05) is 13.8 Å². The average molecular weight is 258 g/mol. The van der Waals surface area contributed by atoms with Gasteiger partial charge in [-0.05, 0) is 19.8 Å². The van der Waals surface area contributed by atoms with E-state index in [4.69, 9.17) is 5.11 Å². The van der Waals surface area contributed by atoms with Gasteiger partial charge >= 0.3 is 12.0 Å². The van der Waals surface area contributed by atoms with Crippen molar-refractivity contribution in [2.24, 2.45) is 5.92 Å². The van der Waals surface area contributed by atoms with Crippen LogP contribution in [0.25, 0.3) is 0 Å². The molecule has 3 N–H and O–H groups in total. The molecule has 0 saturated heterocycles. The van der Waals surface area contributed by atoms with Crippen LogP contribution in [-0.2, 0) is 4.79 Å². The highest BCUT2D eigenvalue weighted by Gasteiger charge is 2.17. The molecule has 18 heavy (non-hydrogen) atoms. The molecule has 2 amide bonds. The lowest BCUT2D eigenvalue weighted by Gasteiger charge is -2.16. The van der Waals surface area contributed by atoms with Gasteiger partial charge in [0.2, 0.25) is 0 Å². The Morgan fingerprint density at radius 1 is 1.17 bits per heavy atom. The average Bonchev–Trinajstić information content (AvgIpc) is 2.31. The van der Waals surface area contributed by atoms with Crippen molar-refractivity contribution in [1.82, 2.24) is 10.6 Å². The Balaban J connectivity index is 3.89. The first-order valence-electron chi connectivity index (χ1n) is 6.78. The van der Waals surface area contributed by atoms with Crippen molar-refractivity contribution >= 4 is 12.0 Å². The van der Waals surface area contributed by atoms with E-state index in [2.05, 4.69) is 17.6 Å². The van der Waals surface area contributed by atoms with E-state index < -0.39 is 11.9 Å². The number of carbonyl (C=O) groups is 2. The topological polar surface area (TPSA) is 78.4 Å². The molecule has 0 aliphatic rings. The molecule has 5 nitrogen and oxygen atoms in total. The lowest BCUT2D eigenvalue weighted by atomic mass is 10.0. The van der Waals surface area contributed by atoms with E-state index in [-0.39, 0.29) is 18.6 Å². The van der Waals surface area contributed by atoms with Crippen LogP contribution in [0.2, 0.25) is 0 Å². The normalized spacial score (nSPS) is 13.7. The van der Waals surface area contributed by atoms with Crippen molar-refractivity contribution in [3.8, 4) is 0 Å². The summed E-state index contributed by atoms with van der Waals surface area (Å²) in [4.78, 5) is 22.4. The molecule has 106 valence electrons. The van der Waals surface area contributed by atoms with Gasteiger partial charge in [-0.15, -0.1) is 0 Å². The summed E-state index contributed by atoms with van der Waals surface area (Å²) in [6, 6.07) is -0.152. The zero-order valence-electron chi connectivity index (χ0n) is 11.7. The van der Waals surface area contributed by atoms with E-state index >= 15 is 0 Å². The van der Waals surface area contributed by atoms with Gasteiger partial charge in [0.1, 0.15) is 0 Å². The molecule has 2 unspecified atom stereocenters. The molecule has 5 heteroatoms. The lowest BCUT2D eigenvalue weighted by Crippen LogP contribution is -2.43. The minimum atomic E-state index is -0.851. The fourth-order valence-electron chi connectivity index (χ4n) is 1.73. The summed E-state index contributed by atoms with van der Waals surface area (Å²) in [5.41, 5.74) is 0. The first kappa shape index (κ1) is 16.7. The van der Waals surface area contributed by atoms with E-state index in [0.29, 0.717) is 6.42 Å². The molecule has 0 fully saturated rings. The van der Waals surface area contributed by atoms with Gasteiger partial charge in [0.25, 0.3) is 0 Å². The second-order valence-corrected chi connectivity index (χ2v) is 4.72. The zero-order chi connectivity index (χ0) is 14.0. The number of hydrogen-bond donors (Lipinski definition) is 3. The summed E-state index contributed by atoms with van der Waals surface area (Å²) in [6.45, 7) is 6.18. The smallest absolute Gasteiger partial charge is 0.315 e. The standard InChI is InChI=1S/C13H26N2O3/c1-4-6-8-10(3)15-13(18)14-9-11(7-5-2)12(16)17/h10-11H,4-9H2,1-3H3,(H,16,17)(H2,14,15,18). The van der Waals surface area contributed by atoms with Gasteiger partial charge in [0, 0.05) is 12.6 Å². The third-order valence-corrected chi connectivity index (χ3v) is 2.86. The maximum atomic E-state index is 11.5. The molecule has 0 aliphatic carbocycles. The molecule has 2 atom stereocenters. The molecular weight excluding hydrogens is 232 g/mol. The first-order chi connectivity index (χ1) is 8.51. The van der Waals surface area contributed by atoms with Gasteiger partial charge in [-0.1, -0.05) is 33.1 Å². The Bertz CT molecular complexity index is 257. The van der Waals surface area contributed by atoms with Crippen molar-refractivity contribution in [3.63, 3.8) is 0 Å². The fourth-order valence-corrected chi connectivity index (χ4v) is 1.73. The van der Waals surface area contributed by atoms with Crippen molar-refractivity contribution in [1.29, 1.82) is 0 Å². The molecule has 0 aromatic rings. The summed E-state index contributed by atoms with van der Waals surface area (Å²) in [5, 5.41) is 14.4. The maximum absolute atomic E-state index is 11.5. The summed E-state index contributed by atoms with van der Waals surface area (Å²) < 4.78 is 0. The molecule has 0 saturated carbocycles. The number of urea groups is 1. The Labute approximate surface area is 109 Å². The first-order valence-corrected chi connectivity index (χ1v) is 6.78. The SMILES string of the molecule is CCCCC(C)NC(=O)NCC(CCC)C(=O)O. The quantitative estimate of drug-likeness (QED) is 0.594. The van der Waals surface area contributed by atoms with Gasteiger partial charge in [-0.25, -0.2) is 4.79 Å². The van der Waals surface area contributed by atoms with Crippen LogP contribution in [0.15, 0.2) is 0 Å². The summed E-state index contributed by atoms with van der Waals surface area (Å²) in [6.07, 6.45) is 4.51. The highest BCUT2D eigenvalue weighted by Crippen LogP contribution is 2.05. The number of nitrogens with one attached hydrogen (secondary N) is 2. The highest BCUT2D eigenvalue weighted by molar-refractivity contribution is 5.76. The molecule has 0 aromatic heterocycles. The van der Waals surface area contributed by atoms with E-state index in [1.165, 1.54) is 0 Å². The number of unbranched alkanes of at least 4 members (excludes halogenated alkanes) is 1. The number of carbonyl (C=O) groups excluding carboxylic acids is 1. The van der Waals surface area contributed by atoms with Crippen LogP contribution in [0.3, 0.4) is 0 Å². The Hall–Kier alpha value is -1.26. The van der Waals surface area contributed by atoms with Crippen LogP contribution in [0, 0.1) is 5.92 Å². The van der Waals surface area contributed by atoms with Gasteiger partial charge in [-0.2, -0.15) is 0 Å². The minimum absolute atomic E-state index is 0.124. The molecule has 0 spiro atoms. The molecule has 0 bridgehead atoms. The number of rotatable bonds is 9. The second-order valence-electron chi connectivity index (χ2n) is 4.72. The summed E-state index contributed by atoms with van der Waals surface area (Å²) >= 11 is 0. The van der Waals surface area contributed by atoms with Crippen molar-refractivity contribution in [3.05, 3.63) is 0 Å². The van der Waals surface area contributed by atoms with Crippen LogP contribution >= 0.6 is 0 Å². The Morgan fingerprint density at radius 2 is 1.83 bits per heavy atom. The summed E-state index contributed by atoms with van der Waals surface area (Å²) in [7, 11) is 0. The molecule has 0 heterocycles. The summed E-state index contributed by atoms with van der Waals surface area (Å²) in [5.74, 6) is -1.34. The van der Waals surface area contributed by atoms with Crippen LogP contribution in [0.4, 0.5) is 4.79 Å². The predicted octanol–water partition coefficient (Wildman–Crippen LogP) is 2.37. The van der Waals surface area contributed by atoms with Crippen LogP contribution in [0.5, 0.6) is 0 Å². The lowest BCUT2D eigenvalue weighted by molar-refractivity contribution is -0.141. The Kier molecular flexibility index (Phi) is 9.06. The van der Waals surface area contributed by atoms with Gasteiger partial charge in [0.05, 0.1) is 5.92 Å². The minimum Gasteiger partial charge on any atom is -0.481 e. The number of carboxylic acid groups (broad SMARTS) is 1. The second kappa shape index (κ2) is 9.74. The molecule has 0 aliphatic heterocycles. The van der Waals surface area contributed by atoms with Crippen LogP contribution in [-0.4, -0.2) is 29.7 Å². The largest absolute Gasteiger partial charge is 0.481 e. The fraction of sp³-hybridized carbons (Fsp3) is 0.846. The van der Waals surface area contributed by atoms with Crippen molar-refractivity contribution in [2.45, 2.75) is 58.9 Å². The third-order valence-electron chi connectivity index (χ3n) is 2.86. The van der Waals surface area contributed by atoms with Gasteiger partial charge in [0.15, 0.2) is 0 Å². The van der Waals surface area contributed by atoms with Crippen LogP contribution < -0.4 is 10.6 Å². The molecule has 0 radical (unpaired) electrons. The monoisotopic (exact) mass is 258 g/mol. The molecule has 0 rings (SSSR count). The van der Waals surface area contributed by atoms with Gasteiger partial charge in [-0.3, -0.25) is 4.79 Å². The van der Waals surface area contributed by atoms with E-state index in [1.54, 1.807) is 0 Å². The number of hydrogen-bond acceptors (Lipinski definition) is 2. The molecule has 0 aromatic carbocycles. The predicted molar refractivity (Wildman–Crippen MR) is 71.6 cm³/mol. The maximum Gasteiger partial charge on any atom is 0.315 e. The van der Waals surface area contributed by atoms with E-state index in [0.717, 1.165) is 25.7 Å². The van der Waals surface area contributed by atoms with Crippen molar-refractivity contribution < 1.29 is 14.7 Å². The number of amides is 2. The van der Waals surface area contributed by atoms with Crippen LogP contribution in [0.1, 0.15) is 52.9 Å². The Morgan fingerprint density at radius 3 is 2.33 bits per heavy atom. The van der Waals surface area contributed by atoms with Crippen molar-refractivity contribution in [2.75, 3.05) is 6.54 Å². The number of carboxylic acids is 1. The number of aliphatic carboxylic acids is 1. The van der Waals surface area contributed by atoms with E-state index in [9.17, 15) is 9.59 Å². The highest BCUT2D eigenvalue weighted by atomic mass is 16.4. The third kappa shape index (κ3) is 7.92. The molecular formula is C13H26N2O3. The van der Waals surface area contributed by atoms with Gasteiger partial charge < -0.3 is 15.7 Å². The zero-order valence-corrected chi connectivity index (χ0v) is 11.7.